The third-order valence-electron chi connectivity index (χ3n) is 6.29. The Labute approximate surface area is 199 Å². The van der Waals surface area contributed by atoms with Crippen molar-refractivity contribution in [2.45, 2.75) is 33.6 Å². The molecule has 3 heterocycles. The zero-order valence-electron chi connectivity index (χ0n) is 20.2. The van der Waals surface area contributed by atoms with Gasteiger partial charge in [0.15, 0.2) is 12.3 Å². The molecule has 1 aromatic carbocycles. The van der Waals surface area contributed by atoms with Crippen molar-refractivity contribution in [3.8, 4) is 5.75 Å². The topological polar surface area (TPSA) is 89.3 Å². The minimum absolute atomic E-state index is 0.162. The minimum Gasteiger partial charge on any atom is -0.497 e. The van der Waals surface area contributed by atoms with Gasteiger partial charge in [0.2, 0.25) is 0 Å². The van der Waals surface area contributed by atoms with Crippen LogP contribution in [0.1, 0.15) is 29.1 Å². The first-order valence-electron chi connectivity index (χ1n) is 11.5. The molecule has 1 amide bonds. The SMILES string of the molecule is COc1ccc(N2CCN(C(=O)COC(=O)CCc3c(C)nc4cc(C)nn4c3C)CC2)cc1. The number of amides is 1. The van der Waals surface area contributed by atoms with Crippen molar-refractivity contribution in [3.63, 3.8) is 0 Å². The monoisotopic (exact) mass is 465 g/mol. The molecule has 0 atom stereocenters. The van der Waals surface area contributed by atoms with Crippen LogP contribution in [0, 0.1) is 20.8 Å². The predicted molar refractivity (Wildman–Crippen MR) is 128 cm³/mol. The Kier molecular flexibility index (Phi) is 7.00. The summed E-state index contributed by atoms with van der Waals surface area (Å²) in [5.41, 5.74) is 5.63. The van der Waals surface area contributed by atoms with Crippen LogP contribution < -0.4 is 9.64 Å². The molecule has 1 aliphatic heterocycles. The van der Waals surface area contributed by atoms with E-state index in [2.05, 4.69) is 15.0 Å². The second kappa shape index (κ2) is 10.1. The van der Waals surface area contributed by atoms with E-state index in [1.807, 2.05) is 51.1 Å². The van der Waals surface area contributed by atoms with Gasteiger partial charge in [-0.2, -0.15) is 5.10 Å². The second-order valence-electron chi connectivity index (χ2n) is 8.54. The summed E-state index contributed by atoms with van der Waals surface area (Å²) in [6, 6.07) is 9.82. The fourth-order valence-electron chi connectivity index (χ4n) is 4.34. The highest BCUT2D eigenvalue weighted by Gasteiger charge is 2.22. The highest BCUT2D eigenvalue weighted by molar-refractivity contribution is 5.81. The number of anilines is 1. The van der Waals surface area contributed by atoms with Gasteiger partial charge in [-0.3, -0.25) is 9.59 Å². The standard InChI is InChI=1S/C25H31N5O4/c1-17-15-23-26-18(2)22(19(3)30(23)27-17)9-10-25(32)34-16-24(31)29-13-11-28(12-14-29)20-5-7-21(33-4)8-6-20/h5-8,15H,9-14,16H2,1-4H3. The first-order chi connectivity index (χ1) is 16.4. The van der Waals surface area contributed by atoms with Crippen molar-refractivity contribution >= 4 is 23.2 Å². The fraction of sp³-hybridized carbons (Fsp3) is 0.440. The van der Waals surface area contributed by atoms with Gasteiger partial charge in [0, 0.05) is 55.7 Å². The number of carbonyl (C=O) groups excluding carboxylic acids is 2. The van der Waals surface area contributed by atoms with E-state index in [0.29, 0.717) is 19.5 Å². The number of benzene rings is 1. The summed E-state index contributed by atoms with van der Waals surface area (Å²) in [6.07, 6.45) is 0.681. The lowest BCUT2D eigenvalue weighted by atomic mass is 10.1. The number of hydrogen-bond acceptors (Lipinski definition) is 7. The third kappa shape index (κ3) is 5.13. The Hall–Kier alpha value is -3.62. The molecule has 180 valence electrons. The van der Waals surface area contributed by atoms with Crippen LogP contribution >= 0.6 is 0 Å². The number of aromatic nitrogens is 3. The molecular formula is C25H31N5O4. The van der Waals surface area contributed by atoms with Gasteiger partial charge in [-0.1, -0.05) is 0 Å². The summed E-state index contributed by atoms with van der Waals surface area (Å²) >= 11 is 0. The van der Waals surface area contributed by atoms with Gasteiger partial charge in [-0.25, -0.2) is 9.50 Å². The van der Waals surface area contributed by atoms with Crippen LogP contribution in [-0.4, -0.2) is 71.3 Å². The molecule has 34 heavy (non-hydrogen) atoms. The number of ether oxygens (including phenoxy) is 2. The molecule has 0 radical (unpaired) electrons. The zero-order chi connectivity index (χ0) is 24.2. The van der Waals surface area contributed by atoms with Gasteiger partial charge in [0.1, 0.15) is 5.75 Å². The lowest BCUT2D eigenvalue weighted by Gasteiger charge is -2.36. The number of rotatable bonds is 7. The first-order valence-corrected chi connectivity index (χ1v) is 11.5. The Bertz CT molecular complexity index is 1180. The molecule has 3 aromatic rings. The molecule has 9 heteroatoms. The summed E-state index contributed by atoms with van der Waals surface area (Å²) < 4.78 is 12.3. The van der Waals surface area contributed by atoms with Crippen molar-refractivity contribution in [3.05, 3.63) is 53.0 Å². The van der Waals surface area contributed by atoms with E-state index in [1.54, 1.807) is 16.5 Å². The number of nitrogens with zero attached hydrogens (tertiary/aromatic N) is 5. The summed E-state index contributed by atoms with van der Waals surface area (Å²) in [6.45, 7) is 8.26. The number of esters is 1. The van der Waals surface area contributed by atoms with E-state index in [0.717, 1.165) is 52.8 Å². The van der Waals surface area contributed by atoms with Crippen molar-refractivity contribution in [1.82, 2.24) is 19.5 Å². The molecule has 2 aromatic heterocycles. The summed E-state index contributed by atoms with van der Waals surface area (Å²) in [5, 5.41) is 4.46. The van der Waals surface area contributed by atoms with Gasteiger partial charge in [-0.05, 0) is 57.0 Å². The average Bonchev–Trinajstić information content (AvgIpc) is 3.22. The van der Waals surface area contributed by atoms with Gasteiger partial charge in [0.05, 0.1) is 12.8 Å². The number of methoxy groups -OCH3 is 1. The molecule has 9 nitrogen and oxygen atoms in total. The highest BCUT2D eigenvalue weighted by atomic mass is 16.5. The van der Waals surface area contributed by atoms with Crippen molar-refractivity contribution in [2.75, 3.05) is 44.8 Å². The average molecular weight is 466 g/mol. The molecule has 0 saturated carbocycles. The molecule has 0 aliphatic carbocycles. The highest BCUT2D eigenvalue weighted by Crippen LogP contribution is 2.21. The summed E-state index contributed by atoms with van der Waals surface area (Å²) in [4.78, 5) is 33.4. The zero-order valence-corrected chi connectivity index (χ0v) is 20.2. The molecule has 0 bridgehead atoms. The van der Waals surface area contributed by atoms with E-state index in [1.165, 1.54) is 0 Å². The number of aryl methyl sites for hydroxylation is 3. The maximum absolute atomic E-state index is 12.6. The van der Waals surface area contributed by atoms with E-state index in [4.69, 9.17) is 9.47 Å². The van der Waals surface area contributed by atoms with Crippen molar-refractivity contribution in [2.24, 2.45) is 0 Å². The number of piperazine rings is 1. The van der Waals surface area contributed by atoms with Crippen LogP contribution in [-0.2, 0) is 20.7 Å². The van der Waals surface area contributed by atoms with Crippen LogP contribution in [0.25, 0.3) is 5.65 Å². The Morgan fingerprint density at radius 1 is 1.03 bits per heavy atom. The second-order valence-corrected chi connectivity index (χ2v) is 8.54. The van der Waals surface area contributed by atoms with E-state index < -0.39 is 0 Å². The van der Waals surface area contributed by atoms with Gasteiger partial charge in [0.25, 0.3) is 5.91 Å². The molecule has 1 fully saturated rings. The predicted octanol–water partition coefficient (Wildman–Crippen LogP) is 2.49. The summed E-state index contributed by atoms with van der Waals surface area (Å²) in [7, 11) is 1.65. The summed E-state index contributed by atoms with van der Waals surface area (Å²) in [5.74, 6) is 0.268. The largest absolute Gasteiger partial charge is 0.497 e. The number of carbonyl (C=O) groups is 2. The molecular weight excluding hydrogens is 434 g/mol. The molecule has 0 N–H and O–H groups in total. The Morgan fingerprint density at radius 2 is 1.74 bits per heavy atom. The first kappa shape index (κ1) is 23.5. The molecule has 0 spiro atoms. The van der Waals surface area contributed by atoms with Crippen LogP contribution in [0.5, 0.6) is 5.75 Å². The Balaban J connectivity index is 1.24. The number of fused-ring (bicyclic) bond motifs is 1. The normalized spacial score (nSPS) is 13.9. The van der Waals surface area contributed by atoms with E-state index in [9.17, 15) is 9.59 Å². The van der Waals surface area contributed by atoms with Crippen LogP contribution in [0.15, 0.2) is 30.3 Å². The fourth-order valence-corrected chi connectivity index (χ4v) is 4.34. The number of hydrogen-bond donors (Lipinski definition) is 0. The van der Waals surface area contributed by atoms with Gasteiger partial charge in [-0.15, -0.1) is 0 Å². The van der Waals surface area contributed by atoms with Crippen LogP contribution in [0.2, 0.25) is 0 Å². The van der Waals surface area contributed by atoms with Crippen molar-refractivity contribution < 1.29 is 19.1 Å². The maximum atomic E-state index is 12.6. The smallest absolute Gasteiger partial charge is 0.306 e. The Morgan fingerprint density at radius 3 is 2.41 bits per heavy atom. The molecule has 1 saturated heterocycles. The third-order valence-corrected chi connectivity index (χ3v) is 6.29. The molecule has 4 rings (SSSR count). The van der Waals surface area contributed by atoms with Gasteiger partial charge < -0.3 is 19.3 Å². The molecule has 1 aliphatic rings. The van der Waals surface area contributed by atoms with E-state index in [-0.39, 0.29) is 24.9 Å². The maximum Gasteiger partial charge on any atom is 0.306 e. The lowest BCUT2D eigenvalue weighted by molar-refractivity contribution is -0.152. The van der Waals surface area contributed by atoms with Crippen LogP contribution in [0.3, 0.4) is 0 Å². The molecule has 0 unspecified atom stereocenters. The minimum atomic E-state index is -0.388. The van der Waals surface area contributed by atoms with E-state index >= 15 is 0 Å². The van der Waals surface area contributed by atoms with Crippen LogP contribution in [0.4, 0.5) is 5.69 Å². The van der Waals surface area contributed by atoms with Gasteiger partial charge >= 0.3 is 5.97 Å². The quantitative estimate of drug-likeness (QED) is 0.495. The lowest BCUT2D eigenvalue weighted by Crippen LogP contribution is -2.49. The van der Waals surface area contributed by atoms with Crippen molar-refractivity contribution in [1.29, 1.82) is 0 Å².